The smallest absolute Gasteiger partial charge is 0.313 e. The first-order chi connectivity index (χ1) is 9.52. The molecule has 0 unspecified atom stereocenters. The molecule has 0 aliphatic rings. The summed E-state index contributed by atoms with van der Waals surface area (Å²) in [6, 6.07) is 4.81. The second-order valence-electron chi connectivity index (χ2n) is 3.75. The lowest BCUT2D eigenvalue weighted by molar-refractivity contribution is -0.385. The van der Waals surface area contributed by atoms with Gasteiger partial charge in [0.15, 0.2) is 0 Å². The summed E-state index contributed by atoms with van der Waals surface area (Å²) in [6.07, 6.45) is 2.68. The zero-order chi connectivity index (χ0) is 14.7. The van der Waals surface area contributed by atoms with Gasteiger partial charge in [-0.1, -0.05) is 15.9 Å². The number of aromatic nitrogens is 2. The summed E-state index contributed by atoms with van der Waals surface area (Å²) in [5.41, 5.74) is 0.288. The van der Waals surface area contributed by atoms with Crippen LogP contribution >= 0.6 is 15.9 Å². The molecule has 0 spiro atoms. The van der Waals surface area contributed by atoms with Gasteiger partial charge in [0.25, 0.3) is 5.88 Å². The summed E-state index contributed by atoms with van der Waals surface area (Å²) in [6.45, 7) is 1.66. The number of hydrogen-bond donors (Lipinski definition) is 0. The van der Waals surface area contributed by atoms with E-state index in [1.165, 1.54) is 18.5 Å². The average molecular weight is 335 g/mol. The Morgan fingerprint density at radius 3 is 2.75 bits per heavy atom. The topological polar surface area (TPSA) is 102 Å². The van der Waals surface area contributed by atoms with E-state index >= 15 is 0 Å². The Hall–Kier alpha value is -2.53. The first-order valence-electron chi connectivity index (χ1n) is 5.36. The van der Waals surface area contributed by atoms with Crippen molar-refractivity contribution in [3.63, 3.8) is 0 Å². The highest BCUT2D eigenvalue weighted by atomic mass is 79.9. The lowest BCUT2D eigenvalue weighted by atomic mass is 10.2. The molecule has 0 aliphatic carbocycles. The van der Waals surface area contributed by atoms with Crippen molar-refractivity contribution in [1.29, 1.82) is 5.26 Å². The minimum atomic E-state index is -0.560. The third-order valence-electron chi connectivity index (χ3n) is 2.39. The lowest BCUT2D eigenvalue weighted by Crippen LogP contribution is -1.99. The lowest BCUT2D eigenvalue weighted by Gasteiger charge is -2.09. The molecule has 0 bridgehead atoms. The van der Waals surface area contributed by atoms with Crippen molar-refractivity contribution in [2.24, 2.45) is 0 Å². The summed E-state index contributed by atoms with van der Waals surface area (Å²) in [5, 5.41) is 20.0. The average Bonchev–Trinajstić information content (AvgIpc) is 2.41. The Kier molecular flexibility index (Phi) is 3.91. The Morgan fingerprint density at radius 2 is 2.10 bits per heavy atom. The number of nitro groups is 1. The monoisotopic (exact) mass is 334 g/mol. The van der Waals surface area contributed by atoms with Crippen LogP contribution < -0.4 is 4.74 Å². The fourth-order valence-corrected chi connectivity index (χ4v) is 2.11. The van der Waals surface area contributed by atoms with Crippen LogP contribution in [0.5, 0.6) is 11.6 Å². The molecule has 20 heavy (non-hydrogen) atoms. The van der Waals surface area contributed by atoms with Crippen molar-refractivity contribution in [1.82, 2.24) is 9.97 Å². The number of nitro benzene ring substituents is 1. The van der Waals surface area contributed by atoms with Crippen LogP contribution in [0, 0.1) is 28.4 Å². The second-order valence-corrected chi connectivity index (χ2v) is 4.67. The molecule has 0 amide bonds. The van der Waals surface area contributed by atoms with Crippen LogP contribution in [0.1, 0.15) is 11.3 Å². The fraction of sp³-hybridized carbons (Fsp3) is 0.0833. The van der Waals surface area contributed by atoms with Gasteiger partial charge in [-0.2, -0.15) is 5.26 Å². The van der Waals surface area contributed by atoms with Crippen molar-refractivity contribution in [3.05, 3.63) is 50.4 Å². The molecule has 7 nitrogen and oxygen atoms in total. The summed E-state index contributed by atoms with van der Waals surface area (Å²) in [7, 11) is 0. The quantitative estimate of drug-likeness (QED) is 0.631. The highest BCUT2D eigenvalue weighted by Crippen LogP contribution is 2.37. The van der Waals surface area contributed by atoms with Gasteiger partial charge in [0.05, 0.1) is 4.92 Å². The first-order valence-corrected chi connectivity index (χ1v) is 6.15. The van der Waals surface area contributed by atoms with E-state index in [2.05, 4.69) is 25.9 Å². The van der Waals surface area contributed by atoms with E-state index in [-0.39, 0.29) is 23.0 Å². The van der Waals surface area contributed by atoms with E-state index in [4.69, 9.17) is 10.00 Å². The molecular formula is C12H7BrN4O3. The Morgan fingerprint density at radius 1 is 1.40 bits per heavy atom. The van der Waals surface area contributed by atoms with Crippen LogP contribution in [0.3, 0.4) is 0 Å². The van der Waals surface area contributed by atoms with Crippen LogP contribution in [0.2, 0.25) is 0 Å². The van der Waals surface area contributed by atoms with E-state index in [0.717, 1.165) is 0 Å². The molecule has 100 valence electrons. The van der Waals surface area contributed by atoms with E-state index < -0.39 is 4.92 Å². The predicted octanol–water partition coefficient (Wildman–Crippen LogP) is 3.12. The van der Waals surface area contributed by atoms with Gasteiger partial charge >= 0.3 is 5.69 Å². The molecule has 0 atom stereocenters. The molecule has 2 aromatic rings. The molecule has 0 saturated carbocycles. The number of halogens is 1. The van der Waals surface area contributed by atoms with Crippen molar-refractivity contribution in [2.75, 3.05) is 0 Å². The molecule has 1 aromatic carbocycles. The molecule has 0 fully saturated rings. The minimum Gasteiger partial charge on any atom is -0.429 e. The number of ether oxygens (including phenoxy) is 1. The zero-order valence-corrected chi connectivity index (χ0v) is 11.8. The van der Waals surface area contributed by atoms with E-state index in [1.807, 2.05) is 6.07 Å². The standard InChI is InChI=1S/C12H7BrN4O3/c1-7-4-8(13)5-10(17(18)19)11(7)20-12-9(6-14)15-2-3-16-12/h2-5H,1H3. The molecule has 0 radical (unpaired) electrons. The van der Waals surface area contributed by atoms with Gasteiger partial charge in [0.1, 0.15) is 6.07 Å². The normalized spacial score (nSPS) is 9.85. The van der Waals surface area contributed by atoms with Crippen molar-refractivity contribution in [3.8, 4) is 17.7 Å². The van der Waals surface area contributed by atoms with Crippen LogP contribution in [0.15, 0.2) is 29.0 Å². The number of rotatable bonds is 3. The molecule has 2 rings (SSSR count). The van der Waals surface area contributed by atoms with Gasteiger partial charge in [0.2, 0.25) is 11.4 Å². The van der Waals surface area contributed by atoms with Crippen LogP contribution in [-0.2, 0) is 0 Å². The van der Waals surface area contributed by atoms with Gasteiger partial charge in [-0.3, -0.25) is 10.1 Å². The number of hydrogen-bond acceptors (Lipinski definition) is 6. The van der Waals surface area contributed by atoms with Gasteiger partial charge < -0.3 is 4.74 Å². The Labute approximate surface area is 122 Å². The Bertz CT molecular complexity index is 727. The molecule has 0 aliphatic heterocycles. The molecule has 1 heterocycles. The first kappa shape index (κ1) is 13.9. The highest BCUT2D eigenvalue weighted by molar-refractivity contribution is 9.10. The van der Waals surface area contributed by atoms with Gasteiger partial charge in [0, 0.05) is 28.5 Å². The molecule has 1 aromatic heterocycles. The zero-order valence-electron chi connectivity index (χ0n) is 10.2. The molecule has 0 N–H and O–H groups in total. The fourth-order valence-electron chi connectivity index (χ4n) is 1.55. The third-order valence-corrected chi connectivity index (χ3v) is 2.84. The van der Waals surface area contributed by atoms with Crippen LogP contribution in [0.25, 0.3) is 0 Å². The second kappa shape index (κ2) is 5.63. The van der Waals surface area contributed by atoms with Gasteiger partial charge in [-0.05, 0) is 13.0 Å². The number of nitrogens with zero attached hydrogens (tertiary/aromatic N) is 4. The van der Waals surface area contributed by atoms with Crippen molar-refractivity contribution >= 4 is 21.6 Å². The van der Waals surface area contributed by atoms with Crippen molar-refractivity contribution < 1.29 is 9.66 Å². The summed E-state index contributed by atoms with van der Waals surface area (Å²) in [5.74, 6) is -0.0290. The van der Waals surface area contributed by atoms with E-state index in [9.17, 15) is 10.1 Å². The van der Waals surface area contributed by atoms with Crippen LogP contribution in [-0.4, -0.2) is 14.9 Å². The number of aryl methyl sites for hydroxylation is 1. The molecule has 0 saturated heterocycles. The Balaban J connectivity index is 2.54. The summed E-state index contributed by atoms with van der Waals surface area (Å²) in [4.78, 5) is 18.2. The maximum atomic E-state index is 11.1. The predicted molar refractivity (Wildman–Crippen MR) is 72.4 cm³/mol. The minimum absolute atomic E-state index is 0.0372. The largest absolute Gasteiger partial charge is 0.429 e. The summed E-state index contributed by atoms with van der Waals surface area (Å²) < 4.78 is 5.98. The third kappa shape index (κ3) is 2.73. The SMILES string of the molecule is Cc1cc(Br)cc([N+](=O)[O-])c1Oc1nccnc1C#N. The summed E-state index contributed by atoms with van der Waals surface area (Å²) >= 11 is 3.19. The highest BCUT2D eigenvalue weighted by Gasteiger charge is 2.21. The van der Waals surface area contributed by atoms with Crippen molar-refractivity contribution in [2.45, 2.75) is 6.92 Å². The molecule has 8 heteroatoms. The van der Waals surface area contributed by atoms with E-state index in [0.29, 0.717) is 10.0 Å². The maximum Gasteiger partial charge on any atom is 0.313 e. The number of nitriles is 1. The molecular weight excluding hydrogens is 328 g/mol. The van der Waals surface area contributed by atoms with Gasteiger partial charge in [-0.15, -0.1) is 0 Å². The van der Waals surface area contributed by atoms with Gasteiger partial charge in [-0.25, -0.2) is 9.97 Å². The van der Waals surface area contributed by atoms with E-state index in [1.54, 1.807) is 13.0 Å². The maximum absolute atomic E-state index is 11.1. The number of benzene rings is 1. The van der Waals surface area contributed by atoms with Crippen LogP contribution in [0.4, 0.5) is 5.69 Å².